The number of oxazole rings is 1. The van der Waals surface area contributed by atoms with Gasteiger partial charge in [-0.05, 0) is 60.2 Å². The Balaban J connectivity index is 1.63. The summed E-state index contributed by atoms with van der Waals surface area (Å²) in [6, 6.07) is 17.9. The molecule has 0 bridgehead atoms. The minimum Gasteiger partial charge on any atom is -0.455 e. The maximum absolute atomic E-state index is 14.4. The summed E-state index contributed by atoms with van der Waals surface area (Å²) in [5.41, 5.74) is 2.64. The summed E-state index contributed by atoms with van der Waals surface area (Å²) >= 11 is 6.53. The Hall–Kier alpha value is -4.74. The molecule has 0 fully saturated rings. The van der Waals surface area contributed by atoms with Crippen molar-refractivity contribution < 1.29 is 30.8 Å². The van der Waals surface area contributed by atoms with Gasteiger partial charge in [0.15, 0.2) is 11.4 Å². The van der Waals surface area contributed by atoms with Crippen molar-refractivity contribution in [1.29, 1.82) is 0 Å². The predicted octanol–water partition coefficient (Wildman–Crippen LogP) is 7.26. The molecule has 0 spiro atoms. The van der Waals surface area contributed by atoms with Crippen LogP contribution in [0.15, 0.2) is 81.6 Å². The predicted molar refractivity (Wildman–Crippen MR) is 162 cm³/mol. The molecular formula is C31H22ClF2N3O5S. The molecule has 0 atom stereocenters. The van der Waals surface area contributed by atoms with Crippen LogP contribution in [0.3, 0.4) is 0 Å². The van der Waals surface area contributed by atoms with E-state index in [0.717, 1.165) is 10.6 Å². The first-order chi connectivity index (χ1) is 20.5. The topological polar surface area (TPSA) is 106 Å². The van der Waals surface area contributed by atoms with Gasteiger partial charge in [-0.2, -0.15) is 0 Å². The molecule has 2 aromatic heterocycles. The molecule has 0 radical (unpaired) electrons. The lowest BCUT2D eigenvalue weighted by molar-refractivity contribution is 0.0964. The minimum absolute atomic E-state index is 0.0415. The summed E-state index contributed by atoms with van der Waals surface area (Å²) in [7, 11) is -0.895. The highest BCUT2D eigenvalue weighted by atomic mass is 35.5. The zero-order chi connectivity index (χ0) is 30.6. The second-order valence-electron chi connectivity index (χ2n) is 9.79. The van der Waals surface area contributed by atoms with E-state index in [1.165, 1.54) is 56.6 Å². The molecule has 43 heavy (non-hydrogen) atoms. The smallest absolute Gasteiger partial charge is 0.255 e. The highest BCUT2D eigenvalue weighted by Gasteiger charge is 2.26. The molecule has 0 aliphatic rings. The molecule has 1 amide bonds. The van der Waals surface area contributed by atoms with Crippen molar-refractivity contribution in [2.45, 2.75) is 0 Å². The SMILES string of the molecule is CNC(=O)c1c(-c2ccc(F)cc2)oc2cc(N(C)S(C)(=O)=O)c(-c3ccc(Cl)c(-c4nc5c(F)cccc5o4)c3)cc12. The maximum atomic E-state index is 14.4. The first kappa shape index (κ1) is 28.4. The van der Waals surface area contributed by atoms with Crippen molar-refractivity contribution in [3.8, 4) is 33.9 Å². The minimum atomic E-state index is -3.76. The van der Waals surface area contributed by atoms with E-state index in [0.29, 0.717) is 27.6 Å². The highest BCUT2D eigenvalue weighted by Crippen LogP contribution is 2.43. The van der Waals surface area contributed by atoms with E-state index >= 15 is 0 Å². The number of carbonyl (C=O) groups excluding carboxylic acids is 1. The van der Waals surface area contributed by atoms with E-state index in [1.54, 1.807) is 30.3 Å². The molecule has 2 heterocycles. The van der Waals surface area contributed by atoms with Gasteiger partial charge < -0.3 is 14.2 Å². The van der Waals surface area contributed by atoms with Crippen molar-refractivity contribution in [3.05, 3.63) is 95.0 Å². The maximum Gasteiger partial charge on any atom is 0.255 e. The molecule has 12 heteroatoms. The standard InChI is InChI=1S/C31H22ClF2N3O5S/c1-35-30(38)27-21-14-19(17-9-12-22(32)20(13-17)31-36-28-23(34)5-4-6-25(28)42-31)24(37(2)43(3,39)40)15-26(21)41-29(27)16-7-10-18(33)11-8-16/h4-15H,1-3H3,(H,35,38). The molecule has 0 aliphatic carbocycles. The summed E-state index contributed by atoms with van der Waals surface area (Å²) in [5.74, 6) is -1.22. The summed E-state index contributed by atoms with van der Waals surface area (Å²) in [4.78, 5) is 17.4. The number of halogens is 3. The lowest BCUT2D eigenvalue weighted by Gasteiger charge is -2.21. The van der Waals surface area contributed by atoms with Crippen molar-refractivity contribution in [2.75, 3.05) is 24.7 Å². The van der Waals surface area contributed by atoms with Crippen molar-refractivity contribution in [2.24, 2.45) is 0 Å². The number of sulfonamides is 1. The van der Waals surface area contributed by atoms with Crippen LogP contribution in [0.5, 0.6) is 0 Å². The van der Waals surface area contributed by atoms with E-state index in [9.17, 15) is 22.0 Å². The number of para-hydroxylation sites is 1. The van der Waals surface area contributed by atoms with Gasteiger partial charge in [-0.1, -0.05) is 23.7 Å². The van der Waals surface area contributed by atoms with Gasteiger partial charge in [0.1, 0.15) is 22.7 Å². The molecule has 6 aromatic rings. The molecule has 6 rings (SSSR count). The number of hydrogen-bond donors (Lipinski definition) is 1. The lowest BCUT2D eigenvalue weighted by atomic mass is 9.97. The van der Waals surface area contributed by atoms with Crippen LogP contribution in [0, 0.1) is 11.6 Å². The van der Waals surface area contributed by atoms with E-state index in [2.05, 4.69) is 10.3 Å². The summed E-state index contributed by atoms with van der Waals surface area (Å²) < 4.78 is 66.5. The molecule has 218 valence electrons. The van der Waals surface area contributed by atoms with Crippen molar-refractivity contribution >= 4 is 55.3 Å². The van der Waals surface area contributed by atoms with Gasteiger partial charge in [-0.3, -0.25) is 9.10 Å². The van der Waals surface area contributed by atoms with Crippen LogP contribution in [-0.4, -0.2) is 39.7 Å². The molecule has 0 saturated heterocycles. The van der Waals surface area contributed by atoms with Gasteiger partial charge in [0, 0.05) is 36.7 Å². The number of hydrogen-bond acceptors (Lipinski definition) is 6. The number of aromatic nitrogens is 1. The second kappa shape index (κ2) is 10.5. The number of benzene rings is 4. The molecule has 0 saturated carbocycles. The third-order valence-corrected chi connectivity index (χ3v) is 8.60. The molecule has 1 N–H and O–H groups in total. The molecule has 8 nitrogen and oxygen atoms in total. The normalized spacial score (nSPS) is 11.8. The van der Waals surface area contributed by atoms with Crippen LogP contribution in [0.4, 0.5) is 14.5 Å². The number of anilines is 1. The highest BCUT2D eigenvalue weighted by molar-refractivity contribution is 7.92. The lowest BCUT2D eigenvalue weighted by Crippen LogP contribution is -2.25. The van der Waals surface area contributed by atoms with Crippen molar-refractivity contribution in [1.82, 2.24) is 10.3 Å². The van der Waals surface area contributed by atoms with Gasteiger partial charge in [0.05, 0.1) is 28.1 Å². The van der Waals surface area contributed by atoms with Gasteiger partial charge in [-0.15, -0.1) is 0 Å². The fraction of sp³-hybridized carbons (Fsp3) is 0.0968. The van der Waals surface area contributed by atoms with Gasteiger partial charge in [-0.25, -0.2) is 22.2 Å². The summed E-state index contributed by atoms with van der Waals surface area (Å²) in [5, 5.41) is 3.26. The number of rotatable bonds is 6. The second-order valence-corrected chi connectivity index (χ2v) is 12.2. The first-order valence-corrected chi connectivity index (χ1v) is 15.1. The van der Waals surface area contributed by atoms with Crippen LogP contribution >= 0.6 is 11.6 Å². The number of carbonyl (C=O) groups is 1. The number of amides is 1. The Morgan fingerprint density at radius 3 is 2.33 bits per heavy atom. The number of nitrogens with one attached hydrogen (secondary N) is 1. The third-order valence-electron chi connectivity index (χ3n) is 7.08. The Morgan fingerprint density at radius 1 is 0.930 bits per heavy atom. The zero-order valence-electron chi connectivity index (χ0n) is 22.9. The Kier molecular flexibility index (Phi) is 6.94. The largest absolute Gasteiger partial charge is 0.455 e. The number of fused-ring (bicyclic) bond motifs is 2. The summed E-state index contributed by atoms with van der Waals surface area (Å²) in [6.07, 6.45) is 1.06. The van der Waals surface area contributed by atoms with Gasteiger partial charge in [0.2, 0.25) is 15.9 Å². The zero-order valence-corrected chi connectivity index (χ0v) is 24.5. The van der Waals surface area contributed by atoms with Crippen LogP contribution in [-0.2, 0) is 10.0 Å². The average Bonchev–Trinajstić information content (AvgIpc) is 3.58. The van der Waals surface area contributed by atoms with Gasteiger partial charge >= 0.3 is 0 Å². The molecule has 0 unspecified atom stereocenters. The Labute approximate surface area is 249 Å². The Bertz CT molecular complexity index is 2180. The number of furan rings is 1. The van der Waals surface area contributed by atoms with E-state index in [1.807, 2.05) is 0 Å². The van der Waals surface area contributed by atoms with Crippen LogP contribution < -0.4 is 9.62 Å². The van der Waals surface area contributed by atoms with Crippen molar-refractivity contribution in [3.63, 3.8) is 0 Å². The molecular weight excluding hydrogens is 600 g/mol. The first-order valence-electron chi connectivity index (χ1n) is 12.8. The fourth-order valence-electron chi connectivity index (χ4n) is 4.84. The molecule has 4 aromatic carbocycles. The Morgan fingerprint density at radius 2 is 1.65 bits per heavy atom. The van der Waals surface area contributed by atoms with E-state index < -0.39 is 27.6 Å². The van der Waals surface area contributed by atoms with Crippen LogP contribution in [0.25, 0.3) is 56.0 Å². The van der Waals surface area contributed by atoms with E-state index in [-0.39, 0.29) is 44.6 Å². The monoisotopic (exact) mass is 621 g/mol. The quantitative estimate of drug-likeness (QED) is 0.210. The number of nitrogens with zero attached hydrogens (tertiary/aromatic N) is 2. The van der Waals surface area contributed by atoms with Crippen LogP contribution in [0.1, 0.15) is 10.4 Å². The fourth-order valence-corrected chi connectivity index (χ4v) is 5.55. The summed E-state index contributed by atoms with van der Waals surface area (Å²) in [6.45, 7) is 0. The third kappa shape index (κ3) is 5.00. The molecule has 0 aliphatic heterocycles. The van der Waals surface area contributed by atoms with Gasteiger partial charge in [0.25, 0.3) is 5.91 Å². The van der Waals surface area contributed by atoms with Crippen LogP contribution in [0.2, 0.25) is 5.02 Å². The van der Waals surface area contributed by atoms with E-state index in [4.69, 9.17) is 20.4 Å². The average molecular weight is 622 g/mol.